The van der Waals surface area contributed by atoms with Crippen molar-refractivity contribution in [3.63, 3.8) is 0 Å². The second kappa shape index (κ2) is 11.3. The summed E-state index contributed by atoms with van der Waals surface area (Å²) in [6.45, 7) is 3.18. The lowest BCUT2D eigenvalue weighted by atomic mass is 10.1. The molecule has 0 aliphatic carbocycles. The Labute approximate surface area is 217 Å². The first-order valence-corrected chi connectivity index (χ1v) is 12.4. The minimum atomic E-state index is -4.52. The average Bonchev–Trinajstić information content (AvgIpc) is 3.37. The predicted octanol–water partition coefficient (Wildman–Crippen LogP) is 4.30. The van der Waals surface area contributed by atoms with E-state index in [-0.39, 0.29) is 23.5 Å². The molecular formula is C23H27Cl2F3N6O2. The lowest BCUT2D eigenvalue weighted by Crippen LogP contribution is -2.53. The van der Waals surface area contributed by atoms with E-state index in [1.54, 1.807) is 25.1 Å². The number of piperazine rings is 1. The van der Waals surface area contributed by atoms with Crippen molar-refractivity contribution >= 4 is 40.9 Å². The van der Waals surface area contributed by atoms with E-state index >= 15 is 0 Å². The summed E-state index contributed by atoms with van der Waals surface area (Å²) in [5.74, 6) is 0.405. The summed E-state index contributed by atoms with van der Waals surface area (Å²) >= 11 is 12.3. The first-order chi connectivity index (χ1) is 17.1. The fraction of sp³-hybridized carbons (Fsp3) is 0.522. The number of hydrogen-bond acceptors (Lipinski definition) is 7. The summed E-state index contributed by atoms with van der Waals surface area (Å²) in [6, 6.07) is 4.45. The van der Waals surface area contributed by atoms with Gasteiger partial charge in [-0.25, -0.2) is 4.98 Å². The van der Waals surface area contributed by atoms with Crippen molar-refractivity contribution in [2.75, 3.05) is 49.5 Å². The van der Waals surface area contributed by atoms with E-state index in [9.17, 15) is 18.0 Å². The van der Waals surface area contributed by atoms with Gasteiger partial charge in [0.15, 0.2) is 18.2 Å². The Balaban J connectivity index is 1.50. The van der Waals surface area contributed by atoms with Crippen LogP contribution in [0.1, 0.15) is 31.4 Å². The predicted molar refractivity (Wildman–Crippen MR) is 132 cm³/mol. The van der Waals surface area contributed by atoms with E-state index in [2.05, 4.69) is 20.6 Å². The van der Waals surface area contributed by atoms with E-state index in [4.69, 9.17) is 27.9 Å². The number of benzene rings is 1. The number of carbonyl (C=O) groups excluding carboxylic acids is 1. The molecule has 2 N–H and O–H groups in total. The number of hydrogen-bond donors (Lipinski definition) is 2. The van der Waals surface area contributed by atoms with Gasteiger partial charge in [-0.3, -0.25) is 4.79 Å². The molecule has 2 atom stereocenters. The Morgan fingerprint density at radius 1 is 1.28 bits per heavy atom. The molecule has 0 unspecified atom stereocenters. The van der Waals surface area contributed by atoms with Gasteiger partial charge < -0.3 is 25.2 Å². The zero-order valence-corrected chi connectivity index (χ0v) is 21.1. The molecule has 36 heavy (non-hydrogen) atoms. The molecule has 8 nitrogen and oxygen atoms in total. The Morgan fingerprint density at radius 3 is 2.67 bits per heavy atom. The number of ether oxygens (including phenoxy) is 1. The third-order valence-electron chi connectivity index (χ3n) is 6.15. The molecule has 0 bridgehead atoms. The smallest absolute Gasteiger partial charge is 0.422 e. The molecule has 1 amide bonds. The van der Waals surface area contributed by atoms with E-state index in [0.717, 1.165) is 19.4 Å². The van der Waals surface area contributed by atoms with Gasteiger partial charge in [0.1, 0.15) is 0 Å². The molecule has 0 saturated carbocycles. The van der Waals surface area contributed by atoms with Crippen LogP contribution < -0.4 is 20.3 Å². The van der Waals surface area contributed by atoms with Gasteiger partial charge in [0.2, 0.25) is 11.9 Å². The van der Waals surface area contributed by atoms with Crippen molar-refractivity contribution in [3.05, 3.63) is 40.0 Å². The number of carbonyl (C=O) groups is 1. The number of alkyl halides is 3. The van der Waals surface area contributed by atoms with Crippen molar-refractivity contribution in [3.8, 4) is 5.75 Å². The van der Waals surface area contributed by atoms with Gasteiger partial charge in [-0.1, -0.05) is 29.3 Å². The molecule has 1 aromatic heterocycles. The maximum atomic E-state index is 12.8. The Kier molecular flexibility index (Phi) is 8.31. The van der Waals surface area contributed by atoms with E-state index in [1.165, 1.54) is 6.20 Å². The topological polar surface area (TPSA) is 82.6 Å². The molecule has 4 rings (SSSR count). The summed E-state index contributed by atoms with van der Waals surface area (Å²) < 4.78 is 43.4. The maximum Gasteiger partial charge on any atom is 0.422 e. The van der Waals surface area contributed by atoms with Gasteiger partial charge in [0.25, 0.3) is 0 Å². The van der Waals surface area contributed by atoms with Crippen molar-refractivity contribution in [2.24, 2.45) is 0 Å². The second-order valence-corrected chi connectivity index (χ2v) is 9.62. The summed E-state index contributed by atoms with van der Waals surface area (Å²) in [4.78, 5) is 25.1. The highest BCUT2D eigenvalue weighted by atomic mass is 35.5. The lowest BCUT2D eigenvalue weighted by Gasteiger charge is -2.36. The van der Waals surface area contributed by atoms with Gasteiger partial charge >= 0.3 is 6.18 Å². The molecule has 2 aromatic rings. The Morgan fingerprint density at radius 2 is 2.03 bits per heavy atom. The molecule has 2 aliphatic heterocycles. The molecule has 13 heteroatoms. The zero-order valence-electron chi connectivity index (χ0n) is 19.6. The van der Waals surface area contributed by atoms with Crippen molar-refractivity contribution in [2.45, 2.75) is 38.0 Å². The largest absolute Gasteiger partial charge is 0.479 e. The Hall–Kier alpha value is -2.50. The average molecular weight is 547 g/mol. The quantitative estimate of drug-likeness (QED) is 0.535. The maximum absolute atomic E-state index is 12.8. The molecular weight excluding hydrogens is 520 g/mol. The number of nitrogens with one attached hydrogen (secondary N) is 2. The van der Waals surface area contributed by atoms with Crippen molar-refractivity contribution < 1.29 is 22.7 Å². The molecule has 0 radical (unpaired) electrons. The summed E-state index contributed by atoms with van der Waals surface area (Å²) in [5, 5.41) is 7.20. The molecule has 2 fully saturated rings. The monoisotopic (exact) mass is 546 g/mol. The van der Waals surface area contributed by atoms with Crippen LogP contribution in [0.25, 0.3) is 0 Å². The van der Waals surface area contributed by atoms with E-state index < -0.39 is 18.8 Å². The van der Waals surface area contributed by atoms with Crippen LogP contribution in [0.2, 0.25) is 10.0 Å². The van der Waals surface area contributed by atoms with Crippen LogP contribution in [0.3, 0.4) is 0 Å². The summed E-state index contributed by atoms with van der Waals surface area (Å²) in [6.07, 6.45) is -1.46. The third-order valence-corrected chi connectivity index (χ3v) is 6.71. The summed E-state index contributed by atoms with van der Waals surface area (Å²) in [7, 11) is 0. The second-order valence-electron chi connectivity index (χ2n) is 8.78. The summed E-state index contributed by atoms with van der Waals surface area (Å²) in [5.41, 5.74) is 0.690. The molecule has 2 saturated heterocycles. The normalized spacial score (nSPS) is 19.3. The van der Waals surface area contributed by atoms with E-state index in [0.29, 0.717) is 47.7 Å². The van der Waals surface area contributed by atoms with Gasteiger partial charge in [0, 0.05) is 36.2 Å². The lowest BCUT2D eigenvalue weighted by molar-refractivity contribution is -0.153. The number of nitrogens with zero attached hydrogens (tertiary/aromatic N) is 4. The van der Waals surface area contributed by atoms with Crippen LogP contribution in [0.4, 0.5) is 24.9 Å². The van der Waals surface area contributed by atoms with Crippen LogP contribution in [0.5, 0.6) is 5.75 Å². The molecule has 0 spiro atoms. The van der Waals surface area contributed by atoms with Gasteiger partial charge in [-0.2, -0.15) is 18.2 Å². The van der Waals surface area contributed by atoms with E-state index in [1.807, 2.05) is 9.80 Å². The highest BCUT2D eigenvalue weighted by Crippen LogP contribution is 2.32. The fourth-order valence-electron chi connectivity index (χ4n) is 4.26. The molecule has 2 aliphatic rings. The number of aromatic nitrogens is 2. The SMILES string of the molecule is C[C@@H](Nc1nc(N2CCN(C(=O)[C@H]3CCCN3)CC2)ncc1OCC(F)(F)F)c1ccc(Cl)cc1Cl. The Bertz CT molecular complexity index is 1080. The highest BCUT2D eigenvalue weighted by Gasteiger charge is 2.31. The first-order valence-electron chi connectivity index (χ1n) is 11.7. The van der Waals surface area contributed by atoms with Crippen LogP contribution in [-0.4, -0.2) is 72.3 Å². The van der Waals surface area contributed by atoms with Crippen LogP contribution >= 0.6 is 23.2 Å². The number of halogens is 5. The number of amides is 1. The first kappa shape index (κ1) is 26.6. The van der Waals surface area contributed by atoms with Crippen molar-refractivity contribution in [1.82, 2.24) is 20.2 Å². The molecule has 196 valence electrons. The minimum absolute atomic E-state index is 0.0972. The minimum Gasteiger partial charge on any atom is -0.479 e. The van der Waals surface area contributed by atoms with Gasteiger partial charge in [-0.05, 0) is 44.0 Å². The van der Waals surface area contributed by atoms with Gasteiger partial charge in [0.05, 0.1) is 18.3 Å². The fourth-order valence-corrected chi connectivity index (χ4v) is 4.83. The standard InChI is InChI=1S/C23H27Cl2F3N6O2/c1-14(16-5-4-15(24)11-17(16)25)31-20-19(36-13-23(26,27)28)12-30-22(32-20)34-9-7-33(8-10-34)21(35)18-3-2-6-29-18/h4-5,11-12,14,18,29H,2-3,6-10,13H2,1H3,(H,30,31,32)/t14-,18-/m1/s1. The number of rotatable bonds is 7. The zero-order chi connectivity index (χ0) is 25.9. The van der Waals surface area contributed by atoms with Gasteiger partial charge in [-0.15, -0.1) is 0 Å². The molecule has 3 heterocycles. The number of anilines is 2. The molecule has 1 aromatic carbocycles. The van der Waals surface area contributed by atoms with Crippen molar-refractivity contribution in [1.29, 1.82) is 0 Å². The van der Waals surface area contributed by atoms with Crippen LogP contribution in [-0.2, 0) is 4.79 Å². The van der Waals surface area contributed by atoms with Crippen LogP contribution in [0.15, 0.2) is 24.4 Å². The third kappa shape index (κ3) is 6.63. The van der Waals surface area contributed by atoms with Crippen LogP contribution in [0, 0.1) is 0 Å². The highest BCUT2D eigenvalue weighted by molar-refractivity contribution is 6.35.